The molecule has 6 heteroatoms. The standard InChI is InChI=1S/C30H30N2O3S/c1-21-9-8-10-23(17-21)20-35-26-16-15-22(18-27(26)34-2)19-28-29(33)32(25-13-6-7-14-25)30(36-28)31-24-11-4-3-5-12-24/h3-5,8-12,15-19,25H,6-7,13-14,20H2,1-2H3/b28-19+,31-30?. The molecule has 1 aliphatic carbocycles. The third-order valence-corrected chi connectivity index (χ3v) is 7.45. The molecule has 3 aromatic rings. The van der Waals surface area contributed by atoms with Crippen LogP contribution >= 0.6 is 11.8 Å². The Labute approximate surface area is 216 Å². The second-order valence-electron chi connectivity index (χ2n) is 9.14. The summed E-state index contributed by atoms with van der Waals surface area (Å²) in [5.41, 5.74) is 4.05. The van der Waals surface area contributed by atoms with Gasteiger partial charge >= 0.3 is 0 Å². The molecule has 3 aromatic carbocycles. The molecule has 1 aliphatic heterocycles. The minimum atomic E-state index is 0.0281. The first kappa shape index (κ1) is 24.2. The number of ether oxygens (including phenoxy) is 2. The largest absolute Gasteiger partial charge is 0.493 e. The first-order chi connectivity index (χ1) is 17.6. The lowest BCUT2D eigenvalue weighted by atomic mass is 10.1. The van der Waals surface area contributed by atoms with Gasteiger partial charge in [-0.15, -0.1) is 0 Å². The van der Waals surface area contributed by atoms with E-state index in [1.807, 2.05) is 71.6 Å². The molecule has 0 N–H and O–H groups in total. The number of benzene rings is 3. The molecule has 0 radical (unpaired) electrons. The SMILES string of the molecule is COc1cc(/C=C2/SC(=Nc3ccccc3)N(C3CCCC3)C2=O)ccc1OCc1cccc(C)c1. The van der Waals surface area contributed by atoms with Crippen LogP contribution in [0.15, 0.2) is 82.7 Å². The highest BCUT2D eigenvalue weighted by Crippen LogP contribution is 2.39. The van der Waals surface area contributed by atoms with Gasteiger partial charge in [-0.3, -0.25) is 9.69 Å². The number of carbonyl (C=O) groups is 1. The van der Waals surface area contributed by atoms with E-state index in [1.165, 1.54) is 17.3 Å². The average molecular weight is 499 g/mol. The minimum absolute atomic E-state index is 0.0281. The molecule has 5 nitrogen and oxygen atoms in total. The lowest BCUT2D eigenvalue weighted by Gasteiger charge is -2.22. The maximum absolute atomic E-state index is 13.5. The topological polar surface area (TPSA) is 51.1 Å². The molecule has 5 rings (SSSR count). The van der Waals surface area contributed by atoms with E-state index in [-0.39, 0.29) is 11.9 Å². The van der Waals surface area contributed by atoms with Crippen LogP contribution < -0.4 is 9.47 Å². The molecule has 184 valence electrons. The summed E-state index contributed by atoms with van der Waals surface area (Å²) in [7, 11) is 1.63. The van der Waals surface area contributed by atoms with Crippen molar-refractivity contribution < 1.29 is 14.3 Å². The van der Waals surface area contributed by atoms with Crippen LogP contribution in [-0.2, 0) is 11.4 Å². The van der Waals surface area contributed by atoms with E-state index in [4.69, 9.17) is 14.5 Å². The molecule has 0 atom stereocenters. The van der Waals surface area contributed by atoms with Crippen molar-refractivity contribution in [1.82, 2.24) is 4.90 Å². The Balaban J connectivity index is 1.39. The number of aryl methyl sites for hydroxylation is 1. The summed E-state index contributed by atoms with van der Waals surface area (Å²) >= 11 is 1.45. The summed E-state index contributed by atoms with van der Waals surface area (Å²) in [5, 5.41) is 0.759. The number of nitrogens with zero attached hydrogens (tertiary/aromatic N) is 2. The lowest BCUT2D eigenvalue weighted by molar-refractivity contribution is -0.123. The molecular formula is C30H30N2O3S. The predicted octanol–water partition coefficient (Wildman–Crippen LogP) is 7.13. The van der Waals surface area contributed by atoms with Crippen molar-refractivity contribution in [3.05, 3.63) is 94.4 Å². The number of para-hydroxylation sites is 1. The number of hydrogen-bond donors (Lipinski definition) is 0. The molecule has 0 aromatic heterocycles. The first-order valence-electron chi connectivity index (χ1n) is 12.3. The van der Waals surface area contributed by atoms with Gasteiger partial charge in [0.2, 0.25) is 0 Å². The number of aliphatic imine (C=N–C) groups is 1. The van der Waals surface area contributed by atoms with Crippen molar-refractivity contribution in [2.24, 2.45) is 4.99 Å². The highest BCUT2D eigenvalue weighted by molar-refractivity contribution is 8.18. The normalized spacial score (nSPS) is 18.4. The van der Waals surface area contributed by atoms with Crippen LogP contribution in [0.25, 0.3) is 6.08 Å². The van der Waals surface area contributed by atoms with Gasteiger partial charge in [0, 0.05) is 6.04 Å². The fourth-order valence-electron chi connectivity index (χ4n) is 4.67. The number of rotatable bonds is 7. The molecule has 2 fully saturated rings. The molecule has 0 bridgehead atoms. The second-order valence-corrected chi connectivity index (χ2v) is 10.2. The molecule has 0 spiro atoms. The monoisotopic (exact) mass is 498 g/mol. The van der Waals surface area contributed by atoms with Gasteiger partial charge in [0.05, 0.1) is 17.7 Å². The van der Waals surface area contributed by atoms with E-state index in [0.717, 1.165) is 47.7 Å². The number of amidine groups is 1. The van der Waals surface area contributed by atoms with Gasteiger partial charge in [0.1, 0.15) is 6.61 Å². The van der Waals surface area contributed by atoms with E-state index in [9.17, 15) is 4.79 Å². The van der Waals surface area contributed by atoms with Crippen LogP contribution in [0.5, 0.6) is 11.5 Å². The third-order valence-electron chi connectivity index (χ3n) is 6.47. The summed E-state index contributed by atoms with van der Waals surface area (Å²) in [6.45, 7) is 2.53. The fourth-order valence-corrected chi connectivity index (χ4v) is 5.73. The van der Waals surface area contributed by atoms with Gasteiger partial charge in [0.15, 0.2) is 16.7 Å². The van der Waals surface area contributed by atoms with Crippen molar-refractivity contribution in [1.29, 1.82) is 0 Å². The van der Waals surface area contributed by atoms with Crippen molar-refractivity contribution in [2.45, 2.75) is 45.3 Å². The number of carbonyl (C=O) groups excluding carboxylic acids is 1. The Morgan fingerprint density at radius 3 is 2.56 bits per heavy atom. The zero-order chi connectivity index (χ0) is 24.9. The van der Waals surface area contributed by atoms with Crippen LogP contribution in [0.3, 0.4) is 0 Å². The quantitative estimate of drug-likeness (QED) is 0.325. The average Bonchev–Trinajstić information content (AvgIpc) is 3.52. The molecule has 1 amide bonds. The van der Waals surface area contributed by atoms with Gasteiger partial charge in [-0.05, 0) is 73.0 Å². The molecule has 0 unspecified atom stereocenters. The van der Waals surface area contributed by atoms with Crippen LogP contribution in [0.2, 0.25) is 0 Å². The minimum Gasteiger partial charge on any atom is -0.493 e. The van der Waals surface area contributed by atoms with E-state index >= 15 is 0 Å². The van der Waals surface area contributed by atoms with E-state index in [2.05, 4.69) is 19.1 Å². The summed E-state index contributed by atoms with van der Waals surface area (Å²) in [6.07, 6.45) is 6.27. The zero-order valence-electron chi connectivity index (χ0n) is 20.6. The second kappa shape index (κ2) is 11.0. The van der Waals surface area contributed by atoms with Gasteiger partial charge < -0.3 is 9.47 Å². The molecule has 1 saturated heterocycles. The summed E-state index contributed by atoms with van der Waals surface area (Å²) < 4.78 is 11.6. The molecule has 36 heavy (non-hydrogen) atoms. The summed E-state index contributed by atoms with van der Waals surface area (Å²) in [5.74, 6) is 1.34. The highest BCUT2D eigenvalue weighted by Gasteiger charge is 2.39. The van der Waals surface area contributed by atoms with E-state index < -0.39 is 0 Å². The highest BCUT2D eigenvalue weighted by atomic mass is 32.2. The lowest BCUT2D eigenvalue weighted by Crippen LogP contribution is -2.37. The third kappa shape index (κ3) is 5.49. The first-order valence-corrected chi connectivity index (χ1v) is 13.2. The van der Waals surface area contributed by atoms with Crippen LogP contribution in [-0.4, -0.2) is 29.1 Å². The Bertz CT molecular complexity index is 1300. The van der Waals surface area contributed by atoms with Crippen LogP contribution in [0, 0.1) is 6.92 Å². The number of thioether (sulfide) groups is 1. The van der Waals surface area contributed by atoms with Crippen LogP contribution in [0.4, 0.5) is 5.69 Å². The Kier molecular flexibility index (Phi) is 7.42. The number of hydrogen-bond acceptors (Lipinski definition) is 5. The zero-order valence-corrected chi connectivity index (χ0v) is 21.5. The number of methoxy groups -OCH3 is 1. The van der Waals surface area contributed by atoms with Crippen molar-refractivity contribution in [3.8, 4) is 11.5 Å². The molecule has 1 heterocycles. The molecular weight excluding hydrogens is 468 g/mol. The Morgan fingerprint density at radius 2 is 1.81 bits per heavy atom. The Hall–Kier alpha value is -3.51. The van der Waals surface area contributed by atoms with Gasteiger partial charge in [-0.1, -0.05) is 66.9 Å². The predicted molar refractivity (Wildman–Crippen MR) is 147 cm³/mol. The van der Waals surface area contributed by atoms with E-state index in [1.54, 1.807) is 7.11 Å². The number of amides is 1. The fraction of sp³-hybridized carbons (Fsp3) is 0.267. The smallest absolute Gasteiger partial charge is 0.267 e. The van der Waals surface area contributed by atoms with E-state index in [0.29, 0.717) is 23.0 Å². The van der Waals surface area contributed by atoms with Gasteiger partial charge in [-0.2, -0.15) is 0 Å². The summed E-state index contributed by atoms with van der Waals surface area (Å²) in [4.78, 5) is 20.9. The summed E-state index contributed by atoms with van der Waals surface area (Å²) in [6, 6.07) is 24.1. The van der Waals surface area contributed by atoms with Crippen molar-refractivity contribution in [2.75, 3.05) is 7.11 Å². The maximum atomic E-state index is 13.5. The van der Waals surface area contributed by atoms with Gasteiger partial charge in [-0.25, -0.2) is 4.99 Å². The maximum Gasteiger partial charge on any atom is 0.267 e. The Morgan fingerprint density at radius 1 is 1.00 bits per heavy atom. The molecule has 2 aliphatic rings. The van der Waals surface area contributed by atoms with Crippen LogP contribution in [0.1, 0.15) is 42.4 Å². The van der Waals surface area contributed by atoms with Crippen molar-refractivity contribution in [3.63, 3.8) is 0 Å². The molecule has 1 saturated carbocycles. The van der Waals surface area contributed by atoms with Crippen molar-refractivity contribution >= 4 is 34.6 Å². The van der Waals surface area contributed by atoms with Gasteiger partial charge in [0.25, 0.3) is 5.91 Å².